The van der Waals surface area contributed by atoms with Crippen molar-refractivity contribution in [1.82, 2.24) is 0 Å². The van der Waals surface area contributed by atoms with Gasteiger partial charge in [-0.25, -0.2) is 0 Å². The molecule has 0 aromatic heterocycles. The number of rotatable bonds is 3. The molecule has 2 fully saturated rings. The number of hydrogen-bond acceptors (Lipinski definition) is 2. The minimum atomic E-state index is -0.588. The Hall–Kier alpha value is -1.84. The van der Waals surface area contributed by atoms with Crippen molar-refractivity contribution in [2.24, 2.45) is 11.7 Å². The maximum Gasteiger partial charge on any atom is 0.223 e. The Balaban J connectivity index is 1.76. The van der Waals surface area contributed by atoms with E-state index in [1.807, 2.05) is 48.5 Å². The second-order valence-corrected chi connectivity index (χ2v) is 6.83. The summed E-state index contributed by atoms with van der Waals surface area (Å²) < 4.78 is 6.16. The molecule has 2 aliphatic heterocycles. The molecule has 2 aromatic rings. The number of benzene rings is 2. The Kier molecular flexibility index (Phi) is 3.43. The van der Waals surface area contributed by atoms with Gasteiger partial charge < -0.3 is 10.5 Å². The Morgan fingerprint density at radius 1 is 1.22 bits per heavy atom. The van der Waals surface area contributed by atoms with Crippen molar-refractivity contribution in [3.63, 3.8) is 0 Å². The van der Waals surface area contributed by atoms with Crippen LogP contribution in [-0.2, 0) is 15.1 Å². The summed E-state index contributed by atoms with van der Waals surface area (Å²) in [5.74, 6) is -0.546. The highest BCUT2D eigenvalue weighted by Gasteiger charge is 2.56. The van der Waals surface area contributed by atoms with Crippen LogP contribution in [0.1, 0.15) is 24.8 Å². The summed E-state index contributed by atoms with van der Waals surface area (Å²) in [6.07, 6.45) is 2.65. The SMILES string of the molecule is NC(=O)C1CC2CCC1(c1ccc(-c3ccccc3)c(Cl)c1)O2. The number of ether oxygens (including phenoxy) is 1. The number of carbonyl (C=O) groups excluding carboxylic acids is 1. The molecule has 4 rings (SSSR count). The largest absolute Gasteiger partial charge is 0.369 e. The van der Waals surface area contributed by atoms with Crippen LogP contribution < -0.4 is 5.73 Å². The highest BCUT2D eigenvalue weighted by molar-refractivity contribution is 6.33. The number of primary amides is 1. The first-order chi connectivity index (χ1) is 11.1. The van der Waals surface area contributed by atoms with Gasteiger partial charge in [-0.05, 0) is 36.5 Å². The van der Waals surface area contributed by atoms with Crippen LogP contribution in [0.5, 0.6) is 0 Å². The molecule has 3 unspecified atom stereocenters. The van der Waals surface area contributed by atoms with Gasteiger partial charge in [-0.1, -0.05) is 54.1 Å². The van der Waals surface area contributed by atoms with Crippen molar-refractivity contribution in [2.75, 3.05) is 0 Å². The fourth-order valence-corrected chi connectivity index (χ4v) is 4.35. The van der Waals surface area contributed by atoms with E-state index in [0.717, 1.165) is 29.5 Å². The number of fused-ring (bicyclic) bond motifs is 2. The minimum absolute atomic E-state index is 0.139. The van der Waals surface area contributed by atoms with Crippen molar-refractivity contribution in [2.45, 2.75) is 31.0 Å². The summed E-state index contributed by atoms with van der Waals surface area (Å²) in [6, 6.07) is 16.0. The molecule has 2 aromatic carbocycles. The molecule has 2 bridgehead atoms. The lowest BCUT2D eigenvalue weighted by Gasteiger charge is -2.31. The first kappa shape index (κ1) is 14.7. The maximum atomic E-state index is 11.9. The third kappa shape index (κ3) is 2.27. The molecule has 0 spiro atoms. The van der Waals surface area contributed by atoms with Gasteiger partial charge in [0, 0.05) is 10.6 Å². The van der Waals surface area contributed by atoms with E-state index in [-0.39, 0.29) is 17.9 Å². The smallest absolute Gasteiger partial charge is 0.223 e. The van der Waals surface area contributed by atoms with Crippen molar-refractivity contribution in [3.05, 3.63) is 59.1 Å². The second-order valence-electron chi connectivity index (χ2n) is 6.42. The van der Waals surface area contributed by atoms with Gasteiger partial charge in [-0.3, -0.25) is 4.79 Å². The van der Waals surface area contributed by atoms with Crippen LogP contribution in [0.2, 0.25) is 5.02 Å². The molecule has 2 saturated heterocycles. The Morgan fingerprint density at radius 2 is 2.00 bits per heavy atom. The van der Waals surface area contributed by atoms with Gasteiger partial charge in [-0.15, -0.1) is 0 Å². The fraction of sp³-hybridized carbons (Fsp3) is 0.316. The number of carbonyl (C=O) groups is 1. The standard InChI is InChI=1S/C19H18ClNO2/c20-17-10-13(6-7-15(17)12-4-2-1-3-5-12)19-9-8-14(23-19)11-16(19)18(21)22/h1-7,10,14,16H,8-9,11H2,(H2,21,22). The van der Waals surface area contributed by atoms with Crippen LogP contribution in [0, 0.1) is 5.92 Å². The Morgan fingerprint density at radius 3 is 2.65 bits per heavy atom. The summed E-state index contributed by atoms with van der Waals surface area (Å²) >= 11 is 6.53. The van der Waals surface area contributed by atoms with E-state index in [4.69, 9.17) is 22.1 Å². The third-order valence-corrected chi connectivity index (χ3v) is 5.47. The molecule has 4 heteroatoms. The molecule has 3 atom stereocenters. The zero-order valence-corrected chi connectivity index (χ0v) is 13.4. The van der Waals surface area contributed by atoms with E-state index in [9.17, 15) is 4.79 Å². The van der Waals surface area contributed by atoms with E-state index < -0.39 is 5.60 Å². The van der Waals surface area contributed by atoms with Gasteiger partial charge in [0.15, 0.2) is 0 Å². The molecule has 3 nitrogen and oxygen atoms in total. The van der Waals surface area contributed by atoms with E-state index in [2.05, 4.69) is 0 Å². The van der Waals surface area contributed by atoms with Gasteiger partial charge in [-0.2, -0.15) is 0 Å². The van der Waals surface area contributed by atoms with Gasteiger partial charge in [0.1, 0.15) is 5.60 Å². The van der Waals surface area contributed by atoms with Crippen LogP contribution in [-0.4, -0.2) is 12.0 Å². The van der Waals surface area contributed by atoms with Crippen LogP contribution in [0.4, 0.5) is 0 Å². The molecule has 0 aliphatic carbocycles. The van der Waals surface area contributed by atoms with Crippen LogP contribution in [0.3, 0.4) is 0 Å². The number of hydrogen-bond donors (Lipinski definition) is 1. The molecule has 23 heavy (non-hydrogen) atoms. The lowest BCUT2D eigenvalue weighted by Crippen LogP contribution is -2.39. The van der Waals surface area contributed by atoms with E-state index in [1.54, 1.807) is 0 Å². The topological polar surface area (TPSA) is 52.3 Å². The number of nitrogens with two attached hydrogens (primary N) is 1. The van der Waals surface area contributed by atoms with Crippen molar-refractivity contribution in [3.8, 4) is 11.1 Å². The van der Waals surface area contributed by atoms with Gasteiger partial charge in [0.2, 0.25) is 5.91 Å². The zero-order valence-electron chi connectivity index (χ0n) is 12.7. The summed E-state index contributed by atoms with van der Waals surface area (Å²) in [5.41, 5.74) is 8.05. The van der Waals surface area contributed by atoms with Crippen LogP contribution in [0.25, 0.3) is 11.1 Å². The van der Waals surface area contributed by atoms with Crippen molar-refractivity contribution in [1.29, 1.82) is 0 Å². The van der Waals surface area contributed by atoms with Crippen LogP contribution >= 0.6 is 11.6 Å². The van der Waals surface area contributed by atoms with Gasteiger partial charge >= 0.3 is 0 Å². The third-order valence-electron chi connectivity index (χ3n) is 5.16. The normalized spacial score (nSPS) is 28.9. The first-order valence-corrected chi connectivity index (χ1v) is 8.30. The molecule has 2 N–H and O–H groups in total. The monoisotopic (exact) mass is 327 g/mol. The average molecular weight is 328 g/mol. The Labute approximate surface area is 140 Å². The number of amides is 1. The molecule has 1 amide bonds. The summed E-state index contributed by atoms with van der Waals surface area (Å²) in [6.45, 7) is 0. The predicted octanol–water partition coefficient (Wildman–Crippen LogP) is 3.89. The molecule has 118 valence electrons. The molecule has 2 heterocycles. The van der Waals surface area contributed by atoms with Crippen molar-refractivity contribution < 1.29 is 9.53 Å². The van der Waals surface area contributed by atoms with E-state index >= 15 is 0 Å². The van der Waals surface area contributed by atoms with Gasteiger partial charge in [0.05, 0.1) is 12.0 Å². The van der Waals surface area contributed by atoms with E-state index in [0.29, 0.717) is 11.4 Å². The lowest BCUT2D eigenvalue weighted by atomic mass is 9.74. The quantitative estimate of drug-likeness (QED) is 0.930. The fourth-order valence-electron chi connectivity index (χ4n) is 4.06. The molecule has 0 radical (unpaired) electrons. The molecule has 2 aliphatic rings. The maximum absolute atomic E-state index is 11.9. The average Bonchev–Trinajstić information content (AvgIpc) is 3.15. The molecular formula is C19H18ClNO2. The van der Waals surface area contributed by atoms with Crippen molar-refractivity contribution >= 4 is 17.5 Å². The van der Waals surface area contributed by atoms with E-state index in [1.165, 1.54) is 0 Å². The summed E-state index contributed by atoms with van der Waals surface area (Å²) in [4.78, 5) is 11.9. The predicted molar refractivity (Wildman–Crippen MR) is 90.0 cm³/mol. The van der Waals surface area contributed by atoms with Crippen LogP contribution in [0.15, 0.2) is 48.5 Å². The second kappa shape index (κ2) is 5.36. The highest BCUT2D eigenvalue weighted by atomic mass is 35.5. The molecular weight excluding hydrogens is 310 g/mol. The first-order valence-electron chi connectivity index (χ1n) is 7.93. The summed E-state index contributed by atoms with van der Waals surface area (Å²) in [5, 5.41) is 0.672. The highest BCUT2D eigenvalue weighted by Crippen LogP contribution is 2.54. The number of halogens is 1. The molecule has 0 saturated carbocycles. The minimum Gasteiger partial charge on any atom is -0.369 e. The zero-order chi connectivity index (χ0) is 16.0. The summed E-state index contributed by atoms with van der Waals surface area (Å²) in [7, 11) is 0. The van der Waals surface area contributed by atoms with Gasteiger partial charge in [0.25, 0.3) is 0 Å². The Bertz CT molecular complexity index is 761. The lowest BCUT2D eigenvalue weighted by molar-refractivity contribution is -0.127.